The van der Waals surface area contributed by atoms with Crippen molar-refractivity contribution in [3.05, 3.63) is 13.2 Å². The predicted octanol–water partition coefficient (Wildman–Crippen LogP) is 2.34. The van der Waals surface area contributed by atoms with Crippen molar-refractivity contribution in [3.63, 3.8) is 0 Å². The first kappa shape index (κ1) is 9.70. The third-order valence-electron chi connectivity index (χ3n) is 1.83. The fourth-order valence-electron chi connectivity index (χ4n) is 1.21. The molecule has 1 N–H and O–H groups in total. The Kier molecular flexibility index (Phi) is 4.37. The number of piperidine rings is 1. The average Bonchev–Trinajstić information content (AvgIpc) is 1.92. The topological polar surface area (TPSA) is 12.0 Å². The monoisotopic (exact) mass is 141 g/mol. The van der Waals surface area contributed by atoms with Gasteiger partial charge in [-0.15, -0.1) is 13.2 Å². The summed E-state index contributed by atoms with van der Waals surface area (Å²) >= 11 is 0. The van der Waals surface area contributed by atoms with Crippen molar-refractivity contribution < 1.29 is 0 Å². The van der Waals surface area contributed by atoms with Crippen LogP contribution in [-0.2, 0) is 0 Å². The first-order chi connectivity index (χ1) is 4.71. The van der Waals surface area contributed by atoms with Crippen LogP contribution < -0.4 is 5.32 Å². The van der Waals surface area contributed by atoms with E-state index in [9.17, 15) is 0 Å². The number of hydrogen-bond acceptors (Lipinski definition) is 1. The predicted molar refractivity (Wildman–Crippen MR) is 47.2 cm³/mol. The molecule has 1 aliphatic rings. The summed E-state index contributed by atoms with van der Waals surface area (Å²) in [5.41, 5.74) is 0.429. The van der Waals surface area contributed by atoms with Crippen LogP contribution in [0, 0.1) is 0 Å². The van der Waals surface area contributed by atoms with E-state index in [0.717, 1.165) is 0 Å². The van der Waals surface area contributed by atoms with Gasteiger partial charge in [0.1, 0.15) is 0 Å². The smallest absolute Gasteiger partial charge is 0.0125 e. The van der Waals surface area contributed by atoms with Gasteiger partial charge in [-0.3, -0.25) is 0 Å². The van der Waals surface area contributed by atoms with Crippen LogP contribution in [0.3, 0.4) is 0 Å². The lowest BCUT2D eigenvalue weighted by atomic mass is 9.93. The average molecular weight is 141 g/mol. The quantitative estimate of drug-likeness (QED) is 0.511. The molecule has 0 aromatic carbocycles. The zero-order valence-electron chi connectivity index (χ0n) is 7.24. The molecule has 1 fully saturated rings. The number of nitrogens with one attached hydrogen (secondary N) is 1. The Morgan fingerprint density at radius 1 is 1.20 bits per heavy atom. The molecule has 0 radical (unpaired) electrons. The minimum Gasteiger partial charge on any atom is -0.312 e. The van der Waals surface area contributed by atoms with Crippen LogP contribution in [0.25, 0.3) is 0 Å². The molecule has 0 spiro atoms. The highest BCUT2D eigenvalue weighted by molar-refractivity contribution is 4.80. The lowest BCUT2D eigenvalue weighted by Crippen LogP contribution is -2.42. The van der Waals surface area contributed by atoms with E-state index in [0.29, 0.717) is 5.54 Å². The summed E-state index contributed by atoms with van der Waals surface area (Å²) in [5, 5.41) is 3.46. The van der Waals surface area contributed by atoms with Gasteiger partial charge < -0.3 is 5.32 Å². The summed E-state index contributed by atoms with van der Waals surface area (Å²) in [7, 11) is 0. The Balaban J connectivity index is 0.000000371. The van der Waals surface area contributed by atoms with Gasteiger partial charge in [0.25, 0.3) is 0 Å². The first-order valence-corrected chi connectivity index (χ1v) is 3.96. The van der Waals surface area contributed by atoms with E-state index in [4.69, 9.17) is 0 Å². The van der Waals surface area contributed by atoms with E-state index in [2.05, 4.69) is 32.3 Å². The molecule has 1 aliphatic heterocycles. The minimum atomic E-state index is 0.429. The molecule has 1 heteroatoms. The van der Waals surface area contributed by atoms with Gasteiger partial charge in [-0.05, 0) is 33.2 Å². The van der Waals surface area contributed by atoms with Crippen molar-refractivity contribution in [1.29, 1.82) is 0 Å². The summed E-state index contributed by atoms with van der Waals surface area (Å²) in [6.07, 6.45) is 4.11. The number of hydrogen-bond donors (Lipinski definition) is 1. The summed E-state index contributed by atoms with van der Waals surface area (Å²) in [4.78, 5) is 0. The molecule has 0 aliphatic carbocycles. The molecule has 0 atom stereocenters. The zero-order chi connectivity index (χ0) is 8.04. The van der Waals surface area contributed by atoms with Gasteiger partial charge in [0.2, 0.25) is 0 Å². The van der Waals surface area contributed by atoms with E-state index in [1.54, 1.807) is 0 Å². The van der Waals surface area contributed by atoms with Gasteiger partial charge >= 0.3 is 0 Å². The van der Waals surface area contributed by atoms with Crippen LogP contribution in [0.5, 0.6) is 0 Å². The lowest BCUT2D eigenvalue weighted by Gasteiger charge is -2.30. The van der Waals surface area contributed by atoms with Crippen LogP contribution >= 0.6 is 0 Å². The van der Waals surface area contributed by atoms with E-state index in [1.165, 1.54) is 25.8 Å². The summed E-state index contributed by atoms with van der Waals surface area (Å²) in [6, 6.07) is 0. The maximum absolute atomic E-state index is 3.46. The first-order valence-electron chi connectivity index (χ1n) is 3.96. The molecular formula is C9H19N. The Morgan fingerprint density at radius 3 is 2.00 bits per heavy atom. The van der Waals surface area contributed by atoms with Crippen molar-refractivity contribution in [2.24, 2.45) is 0 Å². The van der Waals surface area contributed by atoms with E-state index in [1.807, 2.05) is 0 Å². The largest absolute Gasteiger partial charge is 0.312 e. The molecule has 10 heavy (non-hydrogen) atoms. The summed E-state index contributed by atoms with van der Waals surface area (Å²) in [6.45, 7) is 11.8. The zero-order valence-corrected chi connectivity index (χ0v) is 7.24. The molecule has 1 saturated heterocycles. The van der Waals surface area contributed by atoms with Crippen LogP contribution in [0.15, 0.2) is 13.2 Å². The van der Waals surface area contributed by atoms with Crippen molar-refractivity contribution >= 4 is 0 Å². The van der Waals surface area contributed by atoms with Crippen molar-refractivity contribution in [2.75, 3.05) is 6.54 Å². The molecule has 0 aromatic rings. The molecule has 0 bridgehead atoms. The Hall–Kier alpha value is -0.300. The second-order valence-electron chi connectivity index (χ2n) is 3.27. The number of rotatable bonds is 0. The third-order valence-corrected chi connectivity index (χ3v) is 1.83. The van der Waals surface area contributed by atoms with E-state index >= 15 is 0 Å². The third kappa shape index (κ3) is 3.67. The van der Waals surface area contributed by atoms with Crippen molar-refractivity contribution in [3.8, 4) is 0 Å². The normalized spacial score (nSPS) is 22.6. The van der Waals surface area contributed by atoms with Gasteiger partial charge in [0.05, 0.1) is 0 Å². The van der Waals surface area contributed by atoms with Crippen molar-refractivity contribution in [1.82, 2.24) is 5.32 Å². The van der Waals surface area contributed by atoms with Gasteiger partial charge in [-0.2, -0.15) is 0 Å². The van der Waals surface area contributed by atoms with E-state index in [-0.39, 0.29) is 0 Å². The fraction of sp³-hybridized carbons (Fsp3) is 0.778. The van der Waals surface area contributed by atoms with Crippen LogP contribution in [0.4, 0.5) is 0 Å². The highest BCUT2D eigenvalue weighted by Crippen LogP contribution is 2.16. The molecule has 60 valence electrons. The Labute approximate surface area is 64.5 Å². The van der Waals surface area contributed by atoms with Gasteiger partial charge in [0, 0.05) is 5.54 Å². The minimum absolute atomic E-state index is 0.429. The molecule has 0 saturated carbocycles. The molecule has 0 amide bonds. The van der Waals surface area contributed by atoms with Crippen molar-refractivity contribution in [2.45, 2.75) is 38.6 Å². The SMILES string of the molecule is C=C.CC1(C)CCCCN1. The van der Waals surface area contributed by atoms with Crippen LogP contribution in [0.2, 0.25) is 0 Å². The van der Waals surface area contributed by atoms with Gasteiger partial charge in [0.15, 0.2) is 0 Å². The highest BCUT2D eigenvalue weighted by Gasteiger charge is 2.18. The maximum atomic E-state index is 3.46. The Morgan fingerprint density at radius 2 is 1.80 bits per heavy atom. The second kappa shape index (κ2) is 4.51. The van der Waals surface area contributed by atoms with E-state index < -0.39 is 0 Å². The molecular weight excluding hydrogens is 122 g/mol. The summed E-state index contributed by atoms with van der Waals surface area (Å²) in [5.74, 6) is 0. The molecule has 0 aromatic heterocycles. The van der Waals surface area contributed by atoms with Gasteiger partial charge in [-0.25, -0.2) is 0 Å². The summed E-state index contributed by atoms with van der Waals surface area (Å²) < 4.78 is 0. The maximum Gasteiger partial charge on any atom is 0.0125 e. The highest BCUT2D eigenvalue weighted by atomic mass is 15.0. The lowest BCUT2D eigenvalue weighted by molar-refractivity contribution is 0.304. The molecule has 0 unspecified atom stereocenters. The van der Waals surface area contributed by atoms with Crippen LogP contribution in [0.1, 0.15) is 33.1 Å². The fourth-order valence-corrected chi connectivity index (χ4v) is 1.21. The molecule has 1 heterocycles. The standard InChI is InChI=1S/C7H15N.C2H4/c1-7(2)5-3-4-6-8-7;1-2/h8H,3-6H2,1-2H3;1-2H2. The Bertz CT molecular complexity index is 78.7. The molecule has 1 nitrogen and oxygen atoms in total. The van der Waals surface area contributed by atoms with Gasteiger partial charge in [-0.1, -0.05) is 6.42 Å². The van der Waals surface area contributed by atoms with Crippen LogP contribution in [-0.4, -0.2) is 12.1 Å². The molecule has 1 rings (SSSR count). The second-order valence-corrected chi connectivity index (χ2v) is 3.27.